The molecule has 1 N–H and O–H groups in total. The number of rotatable bonds is 4. The van der Waals surface area contributed by atoms with Crippen LogP contribution in [-0.2, 0) is 10.0 Å². The highest BCUT2D eigenvalue weighted by Gasteiger charge is 2.26. The lowest BCUT2D eigenvalue weighted by Gasteiger charge is -2.26. The quantitative estimate of drug-likeness (QED) is 0.889. The summed E-state index contributed by atoms with van der Waals surface area (Å²) < 4.78 is 27.1. The molecule has 0 spiro atoms. The third-order valence-corrected chi connectivity index (χ3v) is 6.71. The van der Waals surface area contributed by atoms with E-state index in [2.05, 4.69) is 5.32 Å². The number of sulfonamides is 1. The Morgan fingerprint density at radius 1 is 0.962 bits per heavy atom. The lowest BCUT2D eigenvalue weighted by atomic mass is 10.1. The molecular weight excluding hydrogens is 348 g/mol. The Balaban J connectivity index is 1.80. The van der Waals surface area contributed by atoms with Gasteiger partial charge >= 0.3 is 0 Å². The molecule has 1 amide bonds. The zero-order valence-electron chi connectivity index (χ0n) is 15.2. The lowest BCUT2D eigenvalue weighted by Crippen LogP contribution is -2.35. The number of aryl methyl sites for hydroxylation is 2. The molecule has 1 aliphatic heterocycles. The van der Waals surface area contributed by atoms with E-state index in [4.69, 9.17) is 0 Å². The van der Waals surface area contributed by atoms with Gasteiger partial charge in [-0.15, -0.1) is 0 Å². The van der Waals surface area contributed by atoms with Gasteiger partial charge in [-0.2, -0.15) is 4.31 Å². The number of benzene rings is 2. The fourth-order valence-corrected chi connectivity index (χ4v) is 4.64. The van der Waals surface area contributed by atoms with Gasteiger partial charge < -0.3 is 5.32 Å². The summed E-state index contributed by atoms with van der Waals surface area (Å²) in [5, 5.41) is 2.80. The molecule has 1 saturated heterocycles. The highest BCUT2D eigenvalue weighted by Crippen LogP contribution is 2.23. The minimum absolute atomic E-state index is 0.220. The van der Waals surface area contributed by atoms with Crippen LogP contribution in [0.2, 0.25) is 0 Å². The molecule has 0 saturated carbocycles. The standard InChI is InChI=1S/C20H24N2O3S/c1-15-9-10-17(13-16(15)2)20(23)21-18-7-6-8-19(14-18)26(24,25)22-11-4-3-5-12-22/h6-10,13-14H,3-5,11-12H2,1-2H3,(H,21,23). The van der Waals surface area contributed by atoms with Crippen LogP contribution in [0.25, 0.3) is 0 Å². The van der Waals surface area contributed by atoms with Gasteiger partial charge in [-0.3, -0.25) is 4.79 Å². The average Bonchev–Trinajstić information content (AvgIpc) is 2.65. The first kappa shape index (κ1) is 18.6. The van der Waals surface area contributed by atoms with Crippen LogP contribution in [-0.4, -0.2) is 31.7 Å². The maximum absolute atomic E-state index is 12.8. The van der Waals surface area contributed by atoms with Gasteiger partial charge in [-0.05, 0) is 68.1 Å². The topological polar surface area (TPSA) is 66.5 Å². The van der Waals surface area contributed by atoms with Crippen molar-refractivity contribution >= 4 is 21.6 Å². The number of anilines is 1. The summed E-state index contributed by atoms with van der Waals surface area (Å²) in [5.74, 6) is -0.249. The first-order valence-corrected chi connectivity index (χ1v) is 10.3. The van der Waals surface area contributed by atoms with Crippen molar-refractivity contribution in [3.05, 3.63) is 59.2 Å². The minimum atomic E-state index is -3.52. The summed E-state index contributed by atoms with van der Waals surface area (Å²) in [4.78, 5) is 12.7. The molecule has 0 aliphatic carbocycles. The summed E-state index contributed by atoms with van der Waals surface area (Å²) in [5.41, 5.74) is 3.19. The fraction of sp³-hybridized carbons (Fsp3) is 0.350. The van der Waals surface area contributed by atoms with Gasteiger partial charge in [0.05, 0.1) is 4.90 Å². The second-order valence-corrected chi connectivity index (χ2v) is 8.68. The molecule has 3 rings (SSSR count). The largest absolute Gasteiger partial charge is 0.322 e. The Labute approximate surface area is 155 Å². The Morgan fingerprint density at radius 2 is 1.69 bits per heavy atom. The van der Waals surface area contributed by atoms with Gasteiger partial charge in [0, 0.05) is 24.3 Å². The molecule has 2 aromatic rings. The van der Waals surface area contributed by atoms with Crippen molar-refractivity contribution < 1.29 is 13.2 Å². The van der Waals surface area contributed by atoms with Crippen molar-refractivity contribution in [3.8, 4) is 0 Å². The van der Waals surface area contributed by atoms with Gasteiger partial charge in [0.2, 0.25) is 10.0 Å². The third kappa shape index (κ3) is 3.97. The van der Waals surface area contributed by atoms with Crippen molar-refractivity contribution in [2.24, 2.45) is 0 Å². The summed E-state index contributed by atoms with van der Waals surface area (Å²) in [7, 11) is -3.52. The van der Waals surface area contributed by atoms with Crippen LogP contribution in [0, 0.1) is 13.8 Å². The SMILES string of the molecule is Cc1ccc(C(=O)Nc2cccc(S(=O)(=O)N3CCCCC3)c2)cc1C. The van der Waals surface area contributed by atoms with E-state index in [9.17, 15) is 13.2 Å². The van der Waals surface area contributed by atoms with Crippen LogP contribution in [0.5, 0.6) is 0 Å². The van der Waals surface area contributed by atoms with Crippen LogP contribution >= 0.6 is 0 Å². The normalized spacial score (nSPS) is 15.6. The number of hydrogen-bond acceptors (Lipinski definition) is 3. The van der Waals surface area contributed by atoms with E-state index in [0.29, 0.717) is 24.3 Å². The average molecular weight is 372 g/mol. The molecular formula is C20H24N2O3S. The molecule has 5 nitrogen and oxygen atoms in total. The number of piperidine rings is 1. The Bertz CT molecular complexity index is 916. The first-order valence-electron chi connectivity index (χ1n) is 8.87. The maximum Gasteiger partial charge on any atom is 0.255 e. The molecule has 1 fully saturated rings. The molecule has 1 heterocycles. The van der Waals surface area contributed by atoms with Crippen LogP contribution < -0.4 is 5.32 Å². The number of carbonyl (C=O) groups is 1. The number of nitrogens with one attached hydrogen (secondary N) is 1. The van der Waals surface area contributed by atoms with Crippen molar-refractivity contribution in [3.63, 3.8) is 0 Å². The van der Waals surface area contributed by atoms with E-state index in [0.717, 1.165) is 30.4 Å². The van der Waals surface area contributed by atoms with Gasteiger partial charge in [0.1, 0.15) is 0 Å². The van der Waals surface area contributed by atoms with Gasteiger partial charge in [-0.25, -0.2) is 8.42 Å². The molecule has 26 heavy (non-hydrogen) atoms. The molecule has 0 atom stereocenters. The van der Waals surface area contributed by atoms with Crippen LogP contribution in [0.3, 0.4) is 0 Å². The van der Waals surface area contributed by atoms with Crippen molar-refractivity contribution in [1.29, 1.82) is 0 Å². The summed E-state index contributed by atoms with van der Waals surface area (Å²) >= 11 is 0. The number of nitrogens with zero attached hydrogens (tertiary/aromatic N) is 1. The number of carbonyl (C=O) groups excluding carboxylic acids is 1. The van der Waals surface area contributed by atoms with Crippen molar-refractivity contribution in [2.75, 3.05) is 18.4 Å². The molecule has 0 aromatic heterocycles. The summed E-state index contributed by atoms with van der Waals surface area (Å²) in [6.07, 6.45) is 2.85. The highest BCUT2D eigenvalue weighted by molar-refractivity contribution is 7.89. The molecule has 0 bridgehead atoms. The van der Waals surface area contributed by atoms with Crippen LogP contribution in [0.4, 0.5) is 5.69 Å². The van der Waals surface area contributed by atoms with Crippen LogP contribution in [0.15, 0.2) is 47.4 Å². The lowest BCUT2D eigenvalue weighted by molar-refractivity contribution is 0.102. The molecule has 2 aromatic carbocycles. The Morgan fingerprint density at radius 3 is 2.38 bits per heavy atom. The smallest absolute Gasteiger partial charge is 0.255 e. The third-order valence-electron chi connectivity index (χ3n) is 4.81. The zero-order chi connectivity index (χ0) is 18.7. The van der Waals surface area contributed by atoms with Crippen molar-refractivity contribution in [1.82, 2.24) is 4.31 Å². The number of amides is 1. The second-order valence-electron chi connectivity index (χ2n) is 6.75. The molecule has 6 heteroatoms. The van der Waals surface area contributed by atoms with E-state index >= 15 is 0 Å². The Hall–Kier alpha value is -2.18. The first-order chi connectivity index (χ1) is 12.4. The van der Waals surface area contributed by atoms with E-state index in [-0.39, 0.29) is 10.8 Å². The molecule has 0 radical (unpaired) electrons. The van der Waals surface area contributed by atoms with E-state index in [1.165, 1.54) is 10.4 Å². The maximum atomic E-state index is 12.8. The fourth-order valence-electron chi connectivity index (χ4n) is 3.07. The number of hydrogen-bond donors (Lipinski definition) is 1. The van der Waals surface area contributed by atoms with Gasteiger partial charge in [0.25, 0.3) is 5.91 Å². The minimum Gasteiger partial charge on any atom is -0.322 e. The van der Waals surface area contributed by atoms with E-state index in [1.54, 1.807) is 24.3 Å². The second kappa shape index (κ2) is 7.60. The highest BCUT2D eigenvalue weighted by atomic mass is 32.2. The van der Waals surface area contributed by atoms with Crippen molar-refractivity contribution in [2.45, 2.75) is 38.0 Å². The van der Waals surface area contributed by atoms with E-state index in [1.807, 2.05) is 26.0 Å². The molecule has 0 unspecified atom stereocenters. The predicted molar refractivity (Wildman–Crippen MR) is 103 cm³/mol. The van der Waals surface area contributed by atoms with Gasteiger partial charge in [0.15, 0.2) is 0 Å². The van der Waals surface area contributed by atoms with Crippen LogP contribution in [0.1, 0.15) is 40.7 Å². The Kier molecular flexibility index (Phi) is 5.44. The zero-order valence-corrected chi connectivity index (χ0v) is 16.0. The van der Waals surface area contributed by atoms with Gasteiger partial charge in [-0.1, -0.05) is 18.6 Å². The monoisotopic (exact) mass is 372 g/mol. The van der Waals surface area contributed by atoms with E-state index < -0.39 is 10.0 Å². The summed E-state index contributed by atoms with van der Waals surface area (Å²) in [6.45, 7) is 5.06. The predicted octanol–water partition coefficient (Wildman–Crippen LogP) is 3.73. The molecule has 1 aliphatic rings. The molecule has 138 valence electrons. The summed E-state index contributed by atoms with van der Waals surface area (Å²) in [6, 6.07) is 12.0.